The highest BCUT2D eigenvalue weighted by Crippen LogP contribution is 2.28. The maximum absolute atomic E-state index is 12.4. The highest BCUT2D eigenvalue weighted by atomic mass is 32.1. The van der Waals surface area contributed by atoms with Crippen LogP contribution in [0.2, 0.25) is 0 Å². The number of piperidine rings is 1. The van der Waals surface area contributed by atoms with Crippen molar-refractivity contribution in [2.75, 3.05) is 13.1 Å². The van der Waals surface area contributed by atoms with Crippen molar-refractivity contribution in [1.82, 2.24) is 15.6 Å². The van der Waals surface area contributed by atoms with E-state index in [1.54, 1.807) is 11.3 Å². The maximum Gasteiger partial charge on any atom is 0.321 e. The van der Waals surface area contributed by atoms with Gasteiger partial charge in [-0.2, -0.15) is 0 Å². The van der Waals surface area contributed by atoms with Gasteiger partial charge in [0, 0.05) is 12.5 Å². The lowest BCUT2D eigenvalue weighted by Crippen LogP contribution is -3.14. The molecule has 6 nitrogen and oxygen atoms in total. The largest absolute Gasteiger partial charge is 0.335 e. The van der Waals surface area contributed by atoms with Crippen molar-refractivity contribution in [1.29, 1.82) is 0 Å². The van der Waals surface area contributed by atoms with E-state index in [2.05, 4.69) is 16.7 Å². The second kappa shape index (κ2) is 8.35. The van der Waals surface area contributed by atoms with Gasteiger partial charge in [0.2, 0.25) is 0 Å². The molecule has 1 aromatic heterocycles. The van der Waals surface area contributed by atoms with Crippen molar-refractivity contribution >= 4 is 33.5 Å². The average Bonchev–Trinajstić information content (AvgIpc) is 3.31. The molecule has 3 amide bonds. The molecule has 144 valence electrons. The lowest BCUT2D eigenvalue weighted by Gasteiger charge is -2.30. The van der Waals surface area contributed by atoms with Gasteiger partial charge in [-0.1, -0.05) is 25.0 Å². The van der Waals surface area contributed by atoms with Gasteiger partial charge in [-0.05, 0) is 37.8 Å². The van der Waals surface area contributed by atoms with E-state index in [-0.39, 0.29) is 24.0 Å². The molecule has 0 radical (unpaired) electrons. The Kier molecular flexibility index (Phi) is 5.69. The zero-order chi connectivity index (χ0) is 18.6. The van der Waals surface area contributed by atoms with Crippen LogP contribution < -0.4 is 15.5 Å². The van der Waals surface area contributed by atoms with Crippen LogP contribution in [0.3, 0.4) is 0 Å². The van der Waals surface area contributed by atoms with Gasteiger partial charge in [0.1, 0.15) is 6.04 Å². The quantitative estimate of drug-likeness (QED) is 0.753. The molecule has 1 saturated heterocycles. The summed E-state index contributed by atoms with van der Waals surface area (Å²) in [6.07, 6.45) is 7.64. The number of thiazole rings is 1. The number of aromatic nitrogens is 1. The zero-order valence-corrected chi connectivity index (χ0v) is 16.3. The van der Waals surface area contributed by atoms with Crippen LogP contribution in [-0.4, -0.2) is 36.1 Å². The summed E-state index contributed by atoms with van der Waals surface area (Å²) in [6, 6.07) is 8.28. The second-order valence-corrected chi connectivity index (χ2v) is 8.72. The first-order valence-corrected chi connectivity index (χ1v) is 10.8. The zero-order valence-electron chi connectivity index (χ0n) is 15.5. The molecular weight excluding hydrogens is 360 g/mol. The van der Waals surface area contributed by atoms with Gasteiger partial charge in [0.05, 0.1) is 16.8 Å². The third-order valence-electron chi connectivity index (χ3n) is 5.67. The third kappa shape index (κ3) is 4.47. The summed E-state index contributed by atoms with van der Waals surface area (Å²) in [7, 11) is 0. The second-order valence-electron chi connectivity index (χ2n) is 7.66. The van der Waals surface area contributed by atoms with Gasteiger partial charge in [-0.25, -0.2) is 9.78 Å². The maximum atomic E-state index is 12.4. The van der Waals surface area contributed by atoms with Crippen LogP contribution in [0.25, 0.3) is 10.2 Å². The van der Waals surface area contributed by atoms with Gasteiger partial charge in [0.15, 0.2) is 11.6 Å². The van der Waals surface area contributed by atoms with E-state index in [1.807, 2.05) is 18.2 Å². The van der Waals surface area contributed by atoms with Crippen molar-refractivity contribution in [3.63, 3.8) is 0 Å². The molecule has 0 bridgehead atoms. The summed E-state index contributed by atoms with van der Waals surface area (Å²) >= 11 is 1.73. The molecule has 1 unspecified atom stereocenters. The van der Waals surface area contributed by atoms with Gasteiger partial charge in [-0.3, -0.25) is 10.1 Å². The number of carbonyl (C=O) groups excluding carboxylic acids is 2. The lowest BCUT2D eigenvalue weighted by molar-refractivity contribution is -0.929. The molecule has 2 aliphatic rings. The number of para-hydroxylation sites is 1. The monoisotopic (exact) mass is 387 g/mol. The number of nitrogens with zero attached hydrogens (tertiary/aromatic N) is 1. The topological polar surface area (TPSA) is 75.5 Å². The average molecular weight is 388 g/mol. The molecule has 27 heavy (non-hydrogen) atoms. The molecule has 4 rings (SSSR count). The number of hydrogen-bond acceptors (Lipinski definition) is 4. The predicted molar refractivity (Wildman–Crippen MR) is 106 cm³/mol. The fourth-order valence-electron chi connectivity index (χ4n) is 4.30. The number of hydrogen-bond donors (Lipinski definition) is 3. The Balaban J connectivity index is 1.38. The Morgan fingerprint density at radius 3 is 2.70 bits per heavy atom. The SMILES string of the molecule is O=C(C[NH+]1CCCC[C@@H]1c1nc2ccccc2s1)NC(=O)NC1CCCC1. The van der Waals surface area contributed by atoms with Crippen LogP contribution in [0.1, 0.15) is 56.0 Å². The Morgan fingerprint density at radius 1 is 1.11 bits per heavy atom. The summed E-state index contributed by atoms with van der Waals surface area (Å²) in [5, 5.41) is 6.55. The van der Waals surface area contributed by atoms with Crippen molar-refractivity contribution in [3.8, 4) is 0 Å². The first-order valence-electron chi connectivity index (χ1n) is 9.99. The molecule has 2 aromatic rings. The van der Waals surface area contributed by atoms with Crippen LogP contribution in [0.5, 0.6) is 0 Å². The molecule has 1 aliphatic carbocycles. The smallest absolute Gasteiger partial charge is 0.321 e. The van der Waals surface area contributed by atoms with Crippen molar-refractivity contribution < 1.29 is 14.5 Å². The number of imide groups is 1. The predicted octanol–water partition coefficient (Wildman–Crippen LogP) is 2.17. The van der Waals surface area contributed by atoms with Gasteiger partial charge in [-0.15, -0.1) is 11.3 Å². The lowest BCUT2D eigenvalue weighted by atomic mass is 10.0. The van der Waals surface area contributed by atoms with Crippen LogP contribution in [0, 0.1) is 0 Å². The summed E-state index contributed by atoms with van der Waals surface area (Å²) in [5.41, 5.74) is 1.03. The number of rotatable bonds is 4. The highest BCUT2D eigenvalue weighted by molar-refractivity contribution is 7.18. The van der Waals surface area contributed by atoms with E-state index in [0.29, 0.717) is 6.54 Å². The van der Waals surface area contributed by atoms with Gasteiger partial charge < -0.3 is 10.2 Å². The Bertz CT molecular complexity index is 782. The molecule has 0 spiro atoms. The number of fused-ring (bicyclic) bond motifs is 1. The summed E-state index contributed by atoms with van der Waals surface area (Å²) in [6.45, 7) is 1.26. The van der Waals surface area contributed by atoms with E-state index >= 15 is 0 Å². The minimum Gasteiger partial charge on any atom is -0.335 e. The van der Waals surface area contributed by atoms with Crippen molar-refractivity contribution in [3.05, 3.63) is 29.3 Å². The Hall–Kier alpha value is -1.99. The number of carbonyl (C=O) groups is 2. The number of nitrogens with one attached hydrogen (secondary N) is 3. The number of amides is 3. The van der Waals surface area contributed by atoms with E-state index < -0.39 is 0 Å². The summed E-state index contributed by atoms with van der Waals surface area (Å²) in [5.74, 6) is -0.200. The van der Waals surface area contributed by atoms with Gasteiger partial charge >= 0.3 is 6.03 Å². The molecule has 7 heteroatoms. The number of quaternary nitrogens is 1. The van der Waals surface area contributed by atoms with E-state index in [9.17, 15) is 9.59 Å². The minimum atomic E-state index is -0.347. The molecule has 2 heterocycles. The molecule has 2 fully saturated rings. The van der Waals surface area contributed by atoms with Gasteiger partial charge in [0.25, 0.3) is 5.91 Å². The number of benzene rings is 1. The summed E-state index contributed by atoms with van der Waals surface area (Å²) < 4.78 is 1.19. The molecule has 2 atom stereocenters. The molecule has 1 aliphatic heterocycles. The molecule has 3 N–H and O–H groups in total. The third-order valence-corrected chi connectivity index (χ3v) is 6.82. The van der Waals surface area contributed by atoms with Crippen molar-refractivity contribution in [2.45, 2.75) is 57.0 Å². The van der Waals surface area contributed by atoms with Crippen LogP contribution in [0.15, 0.2) is 24.3 Å². The van der Waals surface area contributed by atoms with E-state index in [0.717, 1.165) is 62.0 Å². The number of urea groups is 1. The standard InChI is InChI=1S/C20H26N4O2S/c25-18(23-20(26)21-14-7-1-2-8-14)13-24-12-6-5-10-16(24)19-22-15-9-3-4-11-17(15)27-19/h3-4,9,11,14,16H,1-2,5-8,10,12-13H2,(H2,21,23,25,26)/p+1/t16-/m1/s1. The molecule has 1 saturated carbocycles. The van der Waals surface area contributed by atoms with E-state index in [1.165, 1.54) is 9.60 Å². The van der Waals surface area contributed by atoms with Crippen LogP contribution in [-0.2, 0) is 4.79 Å². The molecule has 1 aromatic carbocycles. The fourth-order valence-corrected chi connectivity index (χ4v) is 5.46. The summed E-state index contributed by atoms with van der Waals surface area (Å²) in [4.78, 5) is 30.5. The van der Waals surface area contributed by atoms with E-state index in [4.69, 9.17) is 4.98 Å². The Labute approximate surface area is 163 Å². The minimum absolute atomic E-state index is 0.200. The molecular formula is C20H27N4O2S+. The Morgan fingerprint density at radius 2 is 1.89 bits per heavy atom. The number of likely N-dealkylation sites (tertiary alicyclic amines) is 1. The van der Waals surface area contributed by atoms with Crippen LogP contribution >= 0.6 is 11.3 Å². The van der Waals surface area contributed by atoms with Crippen LogP contribution in [0.4, 0.5) is 4.79 Å². The van der Waals surface area contributed by atoms with Crippen molar-refractivity contribution in [2.24, 2.45) is 0 Å². The normalized spacial score (nSPS) is 23.4. The first-order chi connectivity index (χ1) is 13.2. The first kappa shape index (κ1) is 18.4. The highest BCUT2D eigenvalue weighted by Gasteiger charge is 2.32. The fraction of sp³-hybridized carbons (Fsp3) is 0.550.